The van der Waals surface area contributed by atoms with E-state index in [1.54, 1.807) is 4.80 Å². The number of rotatable bonds is 5. The van der Waals surface area contributed by atoms with Crippen molar-refractivity contribution in [1.29, 1.82) is 0 Å². The van der Waals surface area contributed by atoms with Gasteiger partial charge in [-0.2, -0.15) is 4.80 Å². The highest BCUT2D eigenvalue weighted by molar-refractivity contribution is 6.18. The first-order valence-corrected chi connectivity index (χ1v) is 17.8. The average molecular weight is 693 g/mol. The van der Waals surface area contributed by atoms with Crippen LogP contribution in [0.3, 0.4) is 0 Å². The van der Waals surface area contributed by atoms with Crippen molar-refractivity contribution in [3.63, 3.8) is 0 Å². The SMILES string of the molecule is c1ccc(-c2cccc(-c3nc(-c4ccc5c(ccc6ccc7nn(-c8ccccc8)nc7c65)c4)nc(-c4ccc5oc6ccccc6c5c4)n3)c2)cc1. The fourth-order valence-electron chi connectivity index (χ4n) is 7.44. The maximum absolute atomic E-state index is 6.14. The fraction of sp³-hybridized carbons (Fsp3) is 0. The average Bonchev–Trinajstić information content (AvgIpc) is 3.86. The highest BCUT2D eigenvalue weighted by Crippen LogP contribution is 2.36. The summed E-state index contributed by atoms with van der Waals surface area (Å²) in [4.78, 5) is 17.1. The number of furan rings is 1. The van der Waals surface area contributed by atoms with Crippen LogP contribution >= 0.6 is 0 Å². The molecule has 11 aromatic rings. The highest BCUT2D eigenvalue weighted by Gasteiger charge is 2.17. The number of aromatic nitrogens is 6. The molecular formula is C47H28N6O. The first-order chi connectivity index (χ1) is 26.7. The van der Waals surface area contributed by atoms with Crippen LogP contribution in [-0.4, -0.2) is 29.9 Å². The van der Waals surface area contributed by atoms with Crippen LogP contribution in [0, 0.1) is 0 Å². The third-order valence-corrected chi connectivity index (χ3v) is 10.1. The summed E-state index contributed by atoms with van der Waals surface area (Å²) in [5, 5.41) is 16.2. The van der Waals surface area contributed by atoms with Crippen LogP contribution in [0.25, 0.3) is 105 Å². The number of hydrogen-bond donors (Lipinski definition) is 0. The van der Waals surface area contributed by atoms with Crippen molar-refractivity contribution in [1.82, 2.24) is 29.9 Å². The molecule has 0 aliphatic carbocycles. The second-order valence-electron chi connectivity index (χ2n) is 13.4. The Morgan fingerprint density at radius 3 is 1.85 bits per heavy atom. The molecule has 0 N–H and O–H groups in total. The molecule has 0 atom stereocenters. The Hall–Kier alpha value is -7.51. The van der Waals surface area contributed by atoms with Gasteiger partial charge in [0.25, 0.3) is 0 Å². The Morgan fingerprint density at radius 1 is 0.389 bits per heavy atom. The zero-order chi connectivity index (χ0) is 35.6. The molecule has 0 unspecified atom stereocenters. The van der Waals surface area contributed by atoms with Crippen molar-refractivity contribution in [2.45, 2.75) is 0 Å². The number of fused-ring (bicyclic) bond motifs is 8. The summed E-state index contributed by atoms with van der Waals surface area (Å²) in [6, 6.07) is 57.8. The maximum Gasteiger partial charge on any atom is 0.164 e. The minimum Gasteiger partial charge on any atom is -0.456 e. The molecular weight excluding hydrogens is 665 g/mol. The molecule has 0 aliphatic heterocycles. The van der Waals surface area contributed by atoms with E-state index in [-0.39, 0.29) is 0 Å². The van der Waals surface area contributed by atoms with Crippen molar-refractivity contribution < 1.29 is 4.42 Å². The quantitative estimate of drug-likeness (QED) is 0.167. The van der Waals surface area contributed by atoms with Crippen LogP contribution in [0.2, 0.25) is 0 Å². The molecule has 11 rings (SSSR count). The van der Waals surface area contributed by atoms with Crippen LogP contribution in [-0.2, 0) is 0 Å². The first kappa shape index (κ1) is 30.1. The Labute approximate surface area is 308 Å². The summed E-state index contributed by atoms with van der Waals surface area (Å²) in [6.07, 6.45) is 0. The lowest BCUT2D eigenvalue weighted by Gasteiger charge is -2.11. The minimum absolute atomic E-state index is 0.588. The third-order valence-electron chi connectivity index (χ3n) is 10.1. The number of nitrogens with zero attached hydrogens (tertiary/aromatic N) is 6. The van der Waals surface area contributed by atoms with E-state index in [1.165, 1.54) is 0 Å². The summed E-state index contributed by atoms with van der Waals surface area (Å²) < 4.78 is 6.14. The fourth-order valence-corrected chi connectivity index (χ4v) is 7.44. The topological polar surface area (TPSA) is 82.5 Å². The van der Waals surface area contributed by atoms with E-state index in [0.29, 0.717) is 17.5 Å². The van der Waals surface area contributed by atoms with Crippen molar-refractivity contribution in [2.24, 2.45) is 0 Å². The second kappa shape index (κ2) is 12.0. The molecule has 0 saturated heterocycles. The van der Waals surface area contributed by atoms with Gasteiger partial charge in [0, 0.05) is 32.8 Å². The van der Waals surface area contributed by atoms with Gasteiger partial charge >= 0.3 is 0 Å². The zero-order valence-electron chi connectivity index (χ0n) is 28.8. The molecule has 7 nitrogen and oxygen atoms in total. The van der Waals surface area contributed by atoms with Crippen LogP contribution < -0.4 is 0 Å². The Balaban J connectivity index is 1.09. The standard InChI is InChI=1S/C47H28N6O/c1-3-10-29(11-4-1)31-12-9-13-33(26-31)45-48-46(50-47(49-45)35-22-25-42-39(28-35)38-16-7-8-17-41(38)54-42)34-20-23-37-32(27-34)19-18-30-21-24-40-44(43(30)37)52-53(51-40)36-14-5-2-6-15-36/h1-28H. The van der Waals surface area contributed by atoms with E-state index < -0.39 is 0 Å². The van der Waals surface area contributed by atoms with Crippen LogP contribution in [0.1, 0.15) is 0 Å². The van der Waals surface area contributed by atoms with Crippen LogP contribution in [0.5, 0.6) is 0 Å². The van der Waals surface area contributed by atoms with Gasteiger partial charge in [-0.1, -0.05) is 115 Å². The summed E-state index contributed by atoms with van der Waals surface area (Å²) >= 11 is 0. The van der Waals surface area contributed by atoms with Gasteiger partial charge in [0.1, 0.15) is 22.2 Å². The normalized spacial score (nSPS) is 11.7. The van der Waals surface area contributed by atoms with Gasteiger partial charge < -0.3 is 4.42 Å². The van der Waals surface area contributed by atoms with Crippen molar-refractivity contribution in [3.8, 4) is 51.0 Å². The monoisotopic (exact) mass is 692 g/mol. The molecule has 0 amide bonds. The molecule has 0 bridgehead atoms. The molecule has 0 saturated carbocycles. The molecule has 252 valence electrons. The number of para-hydroxylation sites is 2. The second-order valence-corrected chi connectivity index (χ2v) is 13.4. The summed E-state index contributed by atoms with van der Waals surface area (Å²) in [5.74, 6) is 1.78. The van der Waals surface area contributed by atoms with Gasteiger partial charge in [0.2, 0.25) is 0 Å². The van der Waals surface area contributed by atoms with Crippen molar-refractivity contribution >= 4 is 54.5 Å². The van der Waals surface area contributed by atoms with Crippen molar-refractivity contribution in [2.75, 3.05) is 0 Å². The summed E-state index contributed by atoms with van der Waals surface area (Å²) in [6.45, 7) is 0. The van der Waals surface area contributed by atoms with Gasteiger partial charge in [0.05, 0.1) is 5.69 Å². The van der Waals surface area contributed by atoms with Gasteiger partial charge in [-0.3, -0.25) is 0 Å². The van der Waals surface area contributed by atoms with E-state index in [1.807, 2.05) is 72.8 Å². The van der Waals surface area contributed by atoms with E-state index in [2.05, 4.69) is 97.1 Å². The molecule has 3 heterocycles. The smallest absolute Gasteiger partial charge is 0.164 e. The number of benzene rings is 8. The summed E-state index contributed by atoms with van der Waals surface area (Å²) in [7, 11) is 0. The van der Waals surface area contributed by atoms with Gasteiger partial charge in [0.15, 0.2) is 17.5 Å². The van der Waals surface area contributed by atoms with Gasteiger partial charge in [-0.05, 0) is 81.9 Å². The molecule has 0 aliphatic rings. The predicted octanol–water partition coefficient (Wildman–Crippen LogP) is 11.5. The lowest BCUT2D eigenvalue weighted by molar-refractivity contribution is 0.669. The molecule has 8 aromatic carbocycles. The molecule has 0 spiro atoms. The van der Waals surface area contributed by atoms with Crippen molar-refractivity contribution in [3.05, 3.63) is 170 Å². The highest BCUT2D eigenvalue weighted by atomic mass is 16.3. The lowest BCUT2D eigenvalue weighted by atomic mass is 9.99. The minimum atomic E-state index is 0.588. The van der Waals surface area contributed by atoms with E-state index in [4.69, 9.17) is 29.6 Å². The largest absolute Gasteiger partial charge is 0.456 e. The van der Waals surface area contributed by atoms with Gasteiger partial charge in [-0.15, -0.1) is 10.2 Å². The number of hydrogen-bond acceptors (Lipinski definition) is 6. The molecule has 0 fully saturated rings. The van der Waals surface area contributed by atoms with E-state index >= 15 is 0 Å². The Bertz CT molecular complexity index is 3220. The Morgan fingerprint density at radius 2 is 1.02 bits per heavy atom. The predicted molar refractivity (Wildman–Crippen MR) is 216 cm³/mol. The Kier molecular flexibility index (Phi) is 6.72. The van der Waals surface area contributed by atoms with Crippen LogP contribution in [0.15, 0.2) is 174 Å². The molecule has 54 heavy (non-hydrogen) atoms. The first-order valence-electron chi connectivity index (χ1n) is 17.8. The third kappa shape index (κ3) is 5.02. The van der Waals surface area contributed by atoms with Crippen LogP contribution in [0.4, 0.5) is 0 Å². The zero-order valence-corrected chi connectivity index (χ0v) is 28.8. The molecule has 3 aromatic heterocycles. The van der Waals surface area contributed by atoms with E-state index in [0.717, 1.165) is 88.0 Å². The lowest BCUT2D eigenvalue weighted by Crippen LogP contribution is -2.00. The summed E-state index contributed by atoms with van der Waals surface area (Å²) in [5.41, 5.74) is 9.20. The van der Waals surface area contributed by atoms with Gasteiger partial charge in [-0.25, -0.2) is 15.0 Å². The molecule has 0 radical (unpaired) electrons. The molecule has 7 heteroatoms. The maximum atomic E-state index is 6.14. The van der Waals surface area contributed by atoms with E-state index in [9.17, 15) is 0 Å².